The predicted molar refractivity (Wildman–Crippen MR) is 159 cm³/mol. The first-order valence-corrected chi connectivity index (χ1v) is 14.9. The van der Waals surface area contributed by atoms with Crippen LogP contribution in [0, 0.1) is 18.3 Å². The van der Waals surface area contributed by atoms with E-state index in [1.54, 1.807) is 0 Å². The summed E-state index contributed by atoms with van der Waals surface area (Å²) in [6, 6.07) is 6.60. The number of rotatable bonds is 7. The van der Waals surface area contributed by atoms with Gasteiger partial charge in [0.1, 0.15) is 5.60 Å². The summed E-state index contributed by atoms with van der Waals surface area (Å²) in [5, 5.41) is 3.00. The van der Waals surface area contributed by atoms with Crippen molar-refractivity contribution < 1.29 is 14.3 Å². The Bertz CT molecular complexity index is 1100. The zero-order valence-electron chi connectivity index (χ0n) is 25.1. The van der Waals surface area contributed by atoms with Gasteiger partial charge >= 0.3 is 6.09 Å². The molecule has 1 aromatic carbocycles. The number of ether oxygens (including phenoxy) is 1. The summed E-state index contributed by atoms with van der Waals surface area (Å²) in [6.07, 6.45) is 10.8. The fraction of sp³-hybridized carbons (Fsp3) is 0.636. The summed E-state index contributed by atoms with van der Waals surface area (Å²) < 4.78 is 5.59. The van der Waals surface area contributed by atoms with E-state index < -0.39 is 5.60 Å². The van der Waals surface area contributed by atoms with E-state index in [2.05, 4.69) is 61.3 Å². The summed E-state index contributed by atoms with van der Waals surface area (Å²) in [5.74, 6) is 0.483. The lowest BCUT2D eigenvalue weighted by Crippen LogP contribution is -2.51. The van der Waals surface area contributed by atoms with Gasteiger partial charge < -0.3 is 19.9 Å². The van der Waals surface area contributed by atoms with Crippen molar-refractivity contribution >= 4 is 18.1 Å². The van der Waals surface area contributed by atoms with Crippen LogP contribution in [0.2, 0.25) is 0 Å². The monoisotopic (exact) mass is 535 g/mol. The van der Waals surface area contributed by atoms with Crippen molar-refractivity contribution in [1.82, 2.24) is 15.1 Å². The van der Waals surface area contributed by atoms with Crippen LogP contribution in [0.5, 0.6) is 0 Å². The first-order chi connectivity index (χ1) is 18.4. The molecule has 2 fully saturated rings. The van der Waals surface area contributed by atoms with Crippen LogP contribution in [0.1, 0.15) is 83.4 Å². The molecule has 0 saturated carbocycles. The van der Waals surface area contributed by atoms with Crippen LogP contribution < -0.4 is 5.32 Å². The molecule has 0 atom stereocenters. The van der Waals surface area contributed by atoms with Gasteiger partial charge in [0.25, 0.3) is 0 Å². The highest BCUT2D eigenvalue weighted by Gasteiger charge is 2.39. The van der Waals surface area contributed by atoms with Gasteiger partial charge in [-0.05, 0) is 99.9 Å². The molecule has 2 saturated heterocycles. The number of likely N-dealkylation sites (tertiary alicyclic amines) is 2. The Balaban J connectivity index is 1.25. The molecule has 39 heavy (non-hydrogen) atoms. The average Bonchev–Trinajstić information content (AvgIpc) is 3.23. The Kier molecular flexibility index (Phi) is 9.25. The average molecular weight is 536 g/mol. The number of amides is 2. The largest absolute Gasteiger partial charge is 0.444 e. The van der Waals surface area contributed by atoms with Gasteiger partial charge in [0.2, 0.25) is 5.91 Å². The predicted octanol–water partition coefficient (Wildman–Crippen LogP) is 6.14. The van der Waals surface area contributed by atoms with E-state index in [4.69, 9.17) is 4.74 Å². The first-order valence-electron chi connectivity index (χ1n) is 14.9. The van der Waals surface area contributed by atoms with Gasteiger partial charge in [-0.1, -0.05) is 44.2 Å². The molecule has 3 aliphatic rings. The molecule has 0 aliphatic carbocycles. The molecular formula is C33H49N3O3. The van der Waals surface area contributed by atoms with Crippen molar-refractivity contribution in [2.75, 3.05) is 39.3 Å². The topological polar surface area (TPSA) is 61.9 Å². The minimum atomic E-state index is -0.439. The highest BCUT2D eigenvalue weighted by Crippen LogP contribution is 2.40. The SMILES string of the molecule is Cc1cc(/C=C/CCN2CCCC3(CCN(C(=O)OC(C)(C)C)CC3)C2)ccc1CC1=C(C(C)C)CNC1=O. The van der Waals surface area contributed by atoms with Crippen LogP contribution in [-0.4, -0.2) is 66.7 Å². The molecule has 1 spiro atoms. The Morgan fingerprint density at radius 1 is 1.15 bits per heavy atom. The van der Waals surface area contributed by atoms with Gasteiger partial charge in [-0.3, -0.25) is 4.79 Å². The van der Waals surface area contributed by atoms with Gasteiger partial charge in [-0.2, -0.15) is 0 Å². The van der Waals surface area contributed by atoms with Crippen LogP contribution in [0.3, 0.4) is 0 Å². The smallest absolute Gasteiger partial charge is 0.410 e. The Hall–Kier alpha value is -2.60. The lowest BCUT2D eigenvalue weighted by atomic mass is 9.72. The molecule has 3 heterocycles. The Morgan fingerprint density at radius 3 is 2.56 bits per heavy atom. The second kappa shape index (κ2) is 12.3. The van der Waals surface area contributed by atoms with E-state index in [0.29, 0.717) is 24.3 Å². The number of nitrogens with one attached hydrogen (secondary N) is 1. The van der Waals surface area contributed by atoms with Crippen molar-refractivity contribution in [1.29, 1.82) is 0 Å². The van der Waals surface area contributed by atoms with Gasteiger partial charge in [0.05, 0.1) is 0 Å². The van der Waals surface area contributed by atoms with Crippen LogP contribution in [0.15, 0.2) is 35.4 Å². The van der Waals surface area contributed by atoms with Crippen molar-refractivity contribution in [2.45, 2.75) is 85.7 Å². The summed E-state index contributed by atoms with van der Waals surface area (Å²) in [7, 11) is 0. The molecule has 0 aromatic heterocycles. The normalized spacial score (nSPS) is 20.4. The van der Waals surface area contributed by atoms with Crippen molar-refractivity contribution in [2.24, 2.45) is 11.3 Å². The van der Waals surface area contributed by atoms with Gasteiger partial charge in [0.15, 0.2) is 0 Å². The number of nitrogens with zero attached hydrogens (tertiary/aromatic N) is 2. The molecule has 214 valence electrons. The first kappa shape index (κ1) is 29.4. The third kappa shape index (κ3) is 7.75. The van der Waals surface area contributed by atoms with E-state index in [9.17, 15) is 9.59 Å². The highest BCUT2D eigenvalue weighted by molar-refractivity contribution is 5.97. The quantitative estimate of drug-likeness (QED) is 0.456. The molecule has 0 unspecified atom stereocenters. The number of aryl methyl sites for hydroxylation is 1. The van der Waals surface area contributed by atoms with E-state index in [1.807, 2.05) is 25.7 Å². The molecule has 0 bridgehead atoms. The van der Waals surface area contributed by atoms with Crippen LogP contribution in [0.25, 0.3) is 6.08 Å². The maximum atomic E-state index is 12.5. The number of hydrogen-bond donors (Lipinski definition) is 1. The molecule has 6 nitrogen and oxygen atoms in total. The van der Waals surface area contributed by atoms with E-state index in [0.717, 1.165) is 51.0 Å². The number of benzene rings is 1. The third-order valence-corrected chi connectivity index (χ3v) is 8.67. The number of hydrogen-bond acceptors (Lipinski definition) is 4. The summed E-state index contributed by atoms with van der Waals surface area (Å²) in [4.78, 5) is 29.4. The number of piperidine rings is 2. The Morgan fingerprint density at radius 2 is 1.90 bits per heavy atom. The fourth-order valence-corrected chi connectivity index (χ4v) is 6.37. The molecule has 0 radical (unpaired) electrons. The van der Waals surface area contributed by atoms with Crippen molar-refractivity contribution in [3.8, 4) is 0 Å². The Labute approximate surface area is 235 Å². The van der Waals surface area contributed by atoms with Gasteiger partial charge in [-0.15, -0.1) is 0 Å². The number of carbonyl (C=O) groups is 2. The zero-order valence-corrected chi connectivity index (χ0v) is 25.1. The number of carbonyl (C=O) groups excluding carboxylic acids is 2. The van der Waals surface area contributed by atoms with Crippen LogP contribution in [0.4, 0.5) is 4.79 Å². The maximum absolute atomic E-state index is 12.5. The van der Waals surface area contributed by atoms with E-state index >= 15 is 0 Å². The molecule has 2 amide bonds. The molecule has 1 aromatic rings. The molecule has 3 aliphatic heterocycles. The molecule has 1 N–H and O–H groups in total. The zero-order chi connectivity index (χ0) is 28.2. The van der Waals surface area contributed by atoms with Gasteiger partial charge in [-0.25, -0.2) is 4.79 Å². The molecular weight excluding hydrogens is 486 g/mol. The standard InChI is InChI=1S/C33H49N3O3/c1-24(2)29-22-34-30(37)28(29)21-27-12-11-26(20-25(27)3)10-7-8-16-35-17-9-13-33(23-35)14-18-36(19-15-33)31(38)39-32(4,5)6/h7,10-12,20,24H,8-9,13-19,21-23H2,1-6H3,(H,34,37)/b10-7+. The minimum Gasteiger partial charge on any atom is -0.444 e. The highest BCUT2D eigenvalue weighted by atomic mass is 16.6. The van der Waals surface area contributed by atoms with Gasteiger partial charge in [0, 0.05) is 44.7 Å². The second-order valence-electron chi connectivity index (χ2n) is 13.2. The maximum Gasteiger partial charge on any atom is 0.410 e. The van der Waals surface area contributed by atoms with Crippen LogP contribution in [-0.2, 0) is 16.0 Å². The second-order valence-corrected chi connectivity index (χ2v) is 13.2. The summed E-state index contributed by atoms with van der Waals surface area (Å²) >= 11 is 0. The summed E-state index contributed by atoms with van der Waals surface area (Å²) in [5.41, 5.74) is 5.79. The minimum absolute atomic E-state index is 0.0927. The lowest BCUT2D eigenvalue weighted by molar-refractivity contribution is -0.116. The summed E-state index contributed by atoms with van der Waals surface area (Å²) in [6.45, 7) is 17.9. The lowest BCUT2D eigenvalue weighted by Gasteiger charge is -2.47. The van der Waals surface area contributed by atoms with E-state index in [1.165, 1.54) is 41.6 Å². The molecule has 4 rings (SSSR count). The molecule has 6 heteroatoms. The fourth-order valence-electron chi connectivity index (χ4n) is 6.37. The van der Waals surface area contributed by atoms with Crippen LogP contribution >= 0.6 is 0 Å². The van der Waals surface area contributed by atoms with Crippen molar-refractivity contribution in [3.05, 3.63) is 52.1 Å². The third-order valence-electron chi connectivity index (χ3n) is 8.67. The van der Waals surface area contributed by atoms with E-state index in [-0.39, 0.29) is 12.0 Å². The van der Waals surface area contributed by atoms with Crippen molar-refractivity contribution in [3.63, 3.8) is 0 Å².